The number of amides is 1. The molecule has 42 heavy (non-hydrogen) atoms. The average molecular weight is 588 g/mol. The molecule has 0 spiro atoms. The molecule has 0 saturated carbocycles. The number of anilines is 1. The molecule has 4 rings (SSSR count). The monoisotopic (exact) mass is 587 g/mol. The predicted molar refractivity (Wildman–Crippen MR) is 160 cm³/mol. The number of esters is 1. The summed E-state index contributed by atoms with van der Waals surface area (Å²) in [7, 11) is 2.03. The summed E-state index contributed by atoms with van der Waals surface area (Å²) in [6.07, 6.45) is 4.14. The zero-order chi connectivity index (χ0) is 30.2. The van der Waals surface area contributed by atoms with E-state index in [4.69, 9.17) is 14.2 Å². The van der Waals surface area contributed by atoms with Gasteiger partial charge in [0.2, 0.25) is 0 Å². The van der Waals surface area contributed by atoms with Gasteiger partial charge in [-0.05, 0) is 68.1 Å². The van der Waals surface area contributed by atoms with E-state index in [-0.39, 0.29) is 30.2 Å². The van der Waals surface area contributed by atoms with Gasteiger partial charge in [-0.2, -0.15) is 0 Å². The van der Waals surface area contributed by atoms with E-state index in [1.54, 1.807) is 4.90 Å². The van der Waals surface area contributed by atoms with Crippen LogP contribution in [0.2, 0.25) is 0 Å². The number of rotatable bonds is 4. The molecule has 1 aromatic carbocycles. The first-order valence-electron chi connectivity index (χ1n) is 15.1. The third-order valence-corrected chi connectivity index (χ3v) is 8.38. The van der Waals surface area contributed by atoms with Crippen molar-refractivity contribution in [2.45, 2.75) is 58.3 Å². The van der Waals surface area contributed by atoms with Gasteiger partial charge in [0.05, 0.1) is 25.7 Å². The highest BCUT2D eigenvalue weighted by molar-refractivity contribution is 5.71. The fraction of sp³-hybridized carbons (Fsp3) is 0.625. The molecular weight excluding hydrogens is 541 g/mol. The lowest BCUT2D eigenvalue weighted by molar-refractivity contribution is -0.151. The lowest BCUT2D eigenvalue weighted by Crippen LogP contribution is -2.48. The van der Waals surface area contributed by atoms with Gasteiger partial charge in [0, 0.05) is 50.9 Å². The van der Waals surface area contributed by atoms with Crippen molar-refractivity contribution in [1.82, 2.24) is 9.80 Å². The van der Waals surface area contributed by atoms with Crippen LogP contribution >= 0.6 is 0 Å². The summed E-state index contributed by atoms with van der Waals surface area (Å²) >= 11 is 0. The van der Waals surface area contributed by atoms with Crippen LogP contribution in [0, 0.1) is 17.7 Å². The van der Waals surface area contributed by atoms with Gasteiger partial charge in [0.25, 0.3) is 0 Å². The van der Waals surface area contributed by atoms with Gasteiger partial charge in [-0.1, -0.05) is 26.0 Å². The number of aliphatic hydroxyl groups is 1. The van der Waals surface area contributed by atoms with Crippen LogP contribution in [0.15, 0.2) is 35.9 Å². The summed E-state index contributed by atoms with van der Waals surface area (Å²) < 4.78 is 32.0. The Balaban J connectivity index is 1.56. The Morgan fingerprint density at radius 3 is 2.48 bits per heavy atom. The van der Waals surface area contributed by atoms with Crippen LogP contribution in [-0.2, 0) is 19.0 Å². The molecule has 0 unspecified atom stereocenters. The van der Waals surface area contributed by atoms with Crippen molar-refractivity contribution in [2.24, 2.45) is 11.8 Å². The molecule has 3 aliphatic heterocycles. The second-order valence-corrected chi connectivity index (χ2v) is 11.9. The molecule has 10 heteroatoms. The summed E-state index contributed by atoms with van der Waals surface area (Å²) in [5.74, 6) is -1.16. The number of ether oxygens (including phenoxy) is 3. The van der Waals surface area contributed by atoms with Crippen molar-refractivity contribution in [3.05, 3.63) is 47.3 Å². The van der Waals surface area contributed by atoms with Gasteiger partial charge < -0.3 is 34.0 Å². The van der Waals surface area contributed by atoms with Crippen LogP contribution in [0.1, 0.15) is 45.6 Å². The number of halogens is 1. The van der Waals surface area contributed by atoms with E-state index in [0.717, 1.165) is 24.4 Å². The Hall–Kier alpha value is -2.95. The molecule has 1 amide bonds. The molecule has 9 nitrogen and oxygen atoms in total. The van der Waals surface area contributed by atoms with Crippen molar-refractivity contribution in [1.29, 1.82) is 0 Å². The largest absolute Gasteiger partial charge is 0.457 e. The van der Waals surface area contributed by atoms with Crippen LogP contribution in [0.5, 0.6) is 0 Å². The standard InChI is InChI=1S/C32H46FN3O6/c1-22-5-7-28(37)21-30(38)42-31(23(2)6-8-29(22)41-32(39)36-11-9-34(4)10-12-36)24(3)17-25-18-26(33)20-27(19-25)35-13-15-40-16-14-35/h6,8,17-20,22-23,28-29,31,37H,5,7,9-16,21H2,1-4H3/b8-6?,24-17+/t22-,23-,28+,29-,31-/m0/s1. The lowest BCUT2D eigenvalue weighted by atomic mass is 9.91. The lowest BCUT2D eigenvalue weighted by Gasteiger charge is -2.33. The molecular formula is C32H46FN3O6. The molecule has 232 valence electrons. The minimum absolute atomic E-state index is 0.0593. The number of carbonyl (C=O) groups is 2. The van der Waals surface area contributed by atoms with E-state index in [2.05, 4.69) is 9.80 Å². The van der Waals surface area contributed by atoms with Crippen molar-refractivity contribution in [2.75, 3.05) is 64.4 Å². The van der Waals surface area contributed by atoms with Crippen LogP contribution in [-0.4, -0.2) is 105 Å². The summed E-state index contributed by atoms with van der Waals surface area (Å²) in [5, 5.41) is 10.6. The summed E-state index contributed by atoms with van der Waals surface area (Å²) in [4.78, 5) is 31.8. The molecule has 2 saturated heterocycles. The molecule has 0 aliphatic carbocycles. The molecule has 3 aliphatic rings. The second-order valence-electron chi connectivity index (χ2n) is 11.9. The Morgan fingerprint density at radius 2 is 1.76 bits per heavy atom. The fourth-order valence-corrected chi connectivity index (χ4v) is 5.66. The Morgan fingerprint density at radius 1 is 1.05 bits per heavy atom. The summed E-state index contributed by atoms with van der Waals surface area (Å²) in [6, 6.07) is 4.91. The first-order chi connectivity index (χ1) is 20.1. The number of benzene rings is 1. The van der Waals surface area contributed by atoms with E-state index >= 15 is 0 Å². The van der Waals surface area contributed by atoms with E-state index in [0.29, 0.717) is 57.8 Å². The maximum atomic E-state index is 14.6. The summed E-state index contributed by atoms with van der Waals surface area (Å²) in [6.45, 7) is 11.2. The number of piperazine rings is 1. The molecule has 0 radical (unpaired) electrons. The Kier molecular flexibility index (Phi) is 11.4. The quantitative estimate of drug-likeness (QED) is 0.416. The van der Waals surface area contributed by atoms with Gasteiger partial charge in [-0.25, -0.2) is 9.18 Å². The van der Waals surface area contributed by atoms with Gasteiger partial charge in [0.15, 0.2) is 0 Å². The van der Waals surface area contributed by atoms with Crippen LogP contribution in [0.3, 0.4) is 0 Å². The van der Waals surface area contributed by atoms with Crippen molar-refractivity contribution < 1.29 is 33.3 Å². The predicted octanol–water partition coefficient (Wildman–Crippen LogP) is 4.10. The molecule has 0 aromatic heterocycles. The van der Waals surface area contributed by atoms with E-state index in [1.165, 1.54) is 12.1 Å². The third kappa shape index (κ3) is 9.02. The molecule has 1 N–H and O–H groups in total. The van der Waals surface area contributed by atoms with Crippen molar-refractivity contribution >= 4 is 23.8 Å². The summed E-state index contributed by atoms with van der Waals surface area (Å²) in [5.41, 5.74) is 2.19. The van der Waals surface area contributed by atoms with Crippen LogP contribution in [0.4, 0.5) is 14.9 Å². The van der Waals surface area contributed by atoms with E-state index in [1.807, 2.05) is 52.1 Å². The topological polar surface area (TPSA) is 91.8 Å². The first-order valence-corrected chi connectivity index (χ1v) is 15.1. The van der Waals surface area contributed by atoms with Crippen molar-refractivity contribution in [3.8, 4) is 0 Å². The number of hydrogen-bond donors (Lipinski definition) is 1. The van der Waals surface area contributed by atoms with Gasteiger partial charge in [0.1, 0.15) is 18.0 Å². The number of nitrogens with zero attached hydrogens (tertiary/aromatic N) is 3. The smallest absolute Gasteiger partial charge is 0.410 e. The van der Waals surface area contributed by atoms with E-state index < -0.39 is 24.3 Å². The Labute approximate surface area is 248 Å². The third-order valence-electron chi connectivity index (χ3n) is 8.38. The average Bonchev–Trinajstić information content (AvgIpc) is 2.96. The SMILES string of the molecule is C/C(=C\c1cc(F)cc(N2CCOCC2)c1)[C@H]1OC(=O)C[C@H](O)CC[C@H](C)[C@@H](OC(=O)N2CCN(C)CC2)C=C[C@@H]1C. The zero-order valence-electron chi connectivity index (χ0n) is 25.3. The molecule has 3 heterocycles. The van der Waals surface area contributed by atoms with Crippen LogP contribution < -0.4 is 4.90 Å². The van der Waals surface area contributed by atoms with E-state index in [9.17, 15) is 19.1 Å². The number of cyclic esters (lactones) is 1. The zero-order valence-corrected chi connectivity index (χ0v) is 25.3. The number of hydrogen-bond acceptors (Lipinski definition) is 8. The molecule has 0 bridgehead atoms. The Bertz CT molecular complexity index is 1130. The fourth-order valence-electron chi connectivity index (χ4n) is 5.66. The van der Waals surface area contributed by atoms with Crippen molar-refractivity contribution in [3.63, 3.8) is 0 Å². The highest BCUT2D eigenvalue weighted by Gasteiger charge is 2.29. The number of aliphatic hydroxyl groups excluding tert-OH is 1. The number of carbonyl (C=O) groups excluding carboxylic acids is 2. The second kappa shape index (κ2) is 15.0. The molecule has 5 atom stereocenters. The van der Waals surface area contributed by atoms with Gasteiger partial charge >= 0.3 is 12.1 Å². The first kappa shape index (κ1) is 32.0. The molecule has 2 fully saturated rings. The number of morpholine rings is 1. The number of likely N-dealkylation sites (N-methyl/N-ethyl adjacent to an activating group) is 1. The van der Waals surface area contributed by atoms with Gasteiger partial charge in [-0.15, -0.1) is 0 Å². The molecule has 1 aromatic rings. The van der Waals surface area contributed by atoms with Gasteiger partial charge in [-0.3, -0.25) is 4.79 Å². The minimum atomic E-state index is -0.864. The highest BCUT2D eigenvalue weighted by Crippen LogP contribution is 2.27. The maximum absolute atomic E-state index is 14.6. The highest BCUT2D eigenvalue weighted by atomic mass is 19.1. The van der Waals surface area contributed by atoms with Crippen LogP contribution in [0.25, 0.3) is 6.08 Å². The minimum Gasteiger partial charge on any atom is -0.457 e. The maximum Gasteiger partial charge on any atom is 0.410 e. The normalized spacial score (nSPS) is 29.0.